The van der Waals surface area contributed by atoms with Gasteiger partial charge in [-0.3, -0.25) is 0 Å². The maximum atomic E-state index is 4.83. The first-order valence-electron chi connectivity index (χ1n) is 8.30. The number of anilines is 1. The third kappa shape index (κ3) is 4.30. The molecule has 1 aromatic heterocycles. The van der Waals surface area contributed by atoms with Gasteiger partial charge in [-0.05, 0) is 73.5 Å². The summed E-state index contributed by atoms with van der Waals surface area (Å²) < 4.78 is 1.17. The van der Waals surface area contributed by atoms with Crippen LogP contribution in [0, 0.1) is 22.3 Å². The molecule has 2 rings (SSSR count). The van der Waals surface area contributed by atoms with Crippen molar-refractivity contribution in [3.8, 4) is 0 Å². The Morgan fingerprint density at radius 3 is 2.43 bits per heavy atom. The van der Waals surface area contributed by atoms with E-state index in [9.17, 15) is 0 Å². The second kappa shape index (κ2) is 7.75. The number of hydrogen-bond acceptors (Lipinski definition) is 3. The van der Waals surface area contributed by atoms with Gasteiger partial charge in [-0.1, -0.05) is 20.8 Å². The van der Waals surface area contributed by atoms with Crippen LogP contribution in [0.2, 0.25) is 0 Å². The predicted octanol–water partition coefficient (Wildman–Crippen LogP) is 5.14. The van der Waals surface area contributed by atoms with Crippen LogP contribution in [-0.2, 0) is 0 Å². The Morgan fingerprint density at radius 1 is 1.19 bits per heavy atom. The van der Waals surface area contributed by atoms with Gasteiger partial charge in [-0.15, -0.1) is 0 Å². The van der Waals surface area contributed by atoms with E-state index >= 15 is 0 Å². The lowest BCUT2D eigenvalue weighted by molar-refractivity contribution is 0.254. The first-order valence-corrected chi connectivity index (χ1v) is 9.38. The van der Waals surface area contributed by atoms with E-state index in [0.29, 0.717) is 5.92 Å². The zero-order valence-electron chi connectivity index (χ0n) is 13.7. The SMILES string of the molecule is CCCNc1nc(C2CCC(C(C)C)CC2)nc(C)c1I. The zero-order valence-corrected chi connectivity index (χ0v) is 15.9. The highest BCUT2D eigenvalue weighted by atomic mass is 127. The van der Waals surface area contributed by atoms with E-state index in [4.69, 9.17) is 9.97 Å². The van der Waals surface area contributed by atoms with E-state index in [2.05, 4.69) is 55.6 Å². The average molecular weight is 401 g/mol. The molecule has 1 aliphatic carbocycles. The minimum atomic E-state index is 0.554. The average Bonchev–Trinajstić information content (AvgIpc) is 2.48. The van der Waals surface area contributed by atoms with Gasteiger partial charge in [-0.2, -0.15) is 0 Å². The minimum absolute atomic E-state index is 0.554. The lowest BCUT2D eigenvalue weighted by Gasteiger charge is -2.30. The lowest BCUT2D eigenvalue weighted by Crippen LogP contribution is -2.20. The minimum Gasteiger partial charge on any atom is -0.369 e. The van der Waals surface area contributed by atoms with Crippen molar-refractivity contribution >= 4 is 28.4 Å². The third-order valence-electron chi connectivity index (χ3n) is 4.66. The van der Waals surface area contributed by atoms with Gasteiger partial charge in [0.15, 0.2) is 0 Å². The van der Waals surface area contributed by atoms with Crippen LogP contribution < -0.4 is 5.32 Å². The van der Waals surface area contributed by atoms with E-state index in [0.717, 1.165) is 42.1 Å². The molecule has 0 bridgehead atoms. The zero-order chi connectivity index (χ0) is 15.4. The van der Waals surface area contributed by atoms with Crippen molar-refractivity contribution in [2.24, 2.45) is 11.8 Å². The van der Waals surface area contributed by atoms with Gasteiger partial charge in [0.25, 0.3) is 0 Å². The second-order valence-corrected chi connectivity index (χ2v) is 7.69. The Labute approximate surface area is 142 Å². The molecule has 0 aliphatic heterocycles. The molecule has 21 heavy (non-hydrogen) atoms. The quantitative estimate of drug-likeness (QED) is 0.695. The molecule has 0 unspecified atom stereocenters. The number of aromatic nitrogens is 2. The molecule has 1 N–H and O–H groups in total. The first-order chi connectivity index (χ1) is 10.0. The highest BCUT2D eigenvalue weighted by Gasteiger charge is 2.26. The smallest absolute Gasteiger partial charge is 0.143 e. The topological polar surface area (TPSA) is 37.8 Å². The molecule has 118 valence electrons. The number of nitrogens with one attached hydrogen (secondary N) is 1. The van der Waals surface area contributed by atoms with E-state index < -0.39 is 0 Å². The van der Waals surface area contributed by atoms with Crippen molar-refractivity contribution < 1.29 is 0 Å². The van der Waals surface area contributed by atoms with Gasteiger partial charge in [-0.25, -0.2) is 9.97 Å². The summed E-state index contributed by atoms with van der Waals surface area (Å²) in [6, 6.07) is 0. The normalized spacial score (nSPS) is 22.6. The molecule has 1 fully saturated rings. The number of nitrogens with zero attached hydrogens (tertiary/aromatic N) is 2. The molecule has 0 amide bonds. The monoisotopic (exact) mass is 401 g/mol. The summed E-state index contributed by atoms with van der Waals surface area (Å²) in [5.41, 5.74) is 1.12. The summed E-state index contributed by atoms with van der Waals surface area (Å²) in [5, 5.41) is 3.45. The molecular weight excluding hydrogens is 373 g/mol. The summed E-state index contributed by atoms with van der Waals surface area (Å²) >= 11 is 2.36. The van der Waals surface area contributed by atoms with Crippen molar-refractivity contribution in [3.05, 3.63) is 15.1 Å². The Hall–Kier alpha value is -0.390. The number of hydrogen-bond donors (Lipinski definition) is 1. The first kappa shape index (κ1) is 17.0. The molecule has 0 atom stereocenters. The molecule has 4 heteroatoms. The molecule has 1 heterocycles. The Balaban J connectivity index is 2.11. The third-order valence-corrected chi connectivity index (χ3v) is 5.95. The Morgan fingerprint density at radius 2 is 1.86 bits per heavy atom. The van der Waals surface area contributed by atoms with Crippen molar-refractivity contribution in [2.45, 2.75) is 65.7 Å². The number of halogens is 1. The molecule has 0 radical (unpaired) electrons. The molecule has 3 nitrogen and oxygen atoms in total. The lowest BCUT2D eigenvalue weighted by atomic mass is 9.76. The molecule has 1 saturated carbocycles. The fourth-order valence-corrected chi connectivity index (χ4v) is 3.60. The Kier molecular flexibility index (Phi) is 6.26. The number of aryl methyl sites for hydroxylation is 1. The molecular formula is C17H28IN3. The molecule has 1 aromatic rings. The Bertz CT molecular complexity index is 465. The highest BCUT2D eigenvalue weighted by molar-refractivity contribution is 14.1. The summed E-state index contributed by atoms with van der Waals surface area (Å²) in [6.45, 7) is 9.96. The van der Waals surface area contributed by atoms with Crippen molar-refractivity contribution in [2.75, 3.05) is 11.9 Å². The number of rotatable bonds is 5. The van der Waals surface area contributed by atoms with Crippen LogP contribution in [0.25, 0.3) is 0 Å². The highest BCUT2D eigenvalue weighted by Crippen LogP contribution is 2.38. The van der Waals surface area contributed by atoms with Gasteiger partial charge in [0.2, 0.25) is 0 Å². The molecule has 0 spiro atoms. The van der Waals surface area contributed by atoms with Crippen LogP contribution in [0.4, 0.5) is 5.82 Å². The van der Waals surface area contributed by atoms with Crippen LogP contribution in [0.5, 0.6) is 0 Å². The van der Waals surface area contributed by atoms with Crippen molar-refractivity contribution in [1.29, 1.82) is 0 Å². The van der Waals surface area contributed by atoms with Gasteiger partial charge < -0.3 is 5.32 Å². The largest absolute Gasteiger partial charge is 0.369 e. The molecule has 0 aromatic carbocycles. The van der Waals surface area contributed by atoms with Gasteiger partial charge >= 0.3 is 0 Å². The van der Waals surface area contributed by atoms with E-state index in [1.54, 1.807) is 0 Å². The van der Waals surface area contributed by atoms with Crippen LogP contribution in [0.3, 0.4) is 0 Å². The predicted molar refractivity (Wildman–Crippen MR) is 97.8 cm³/mol. The van der Waals surface area contributed by atoms with Gasteiger partial charge in [0.1, 0.15) is 11.6 Å². The summed E-state index contributed by atoms with van der Waals surface area (Å²) in [7, 11) is 0. The van der Waals surface area contributed by atoms with E-state index in [1.165, 1.54) is 29.3 Å². The van der Waals surface area contributed by atoms with Gasteiger partial charge in [0, 0.05) is 12.5 Å². The summed E-state index contributed by atoms with van der Waals surface area (Å²) in [5.74, 6) is 4.36. The van der Waals surface area contributed by atoms with E-state index in [-0.39, 0.29) is 0 Å². The van der Waals surface area contributed by atoms with Gasteiger partial charge in [0.05, 0.1) is 9.26 Å². The summed E-state index contributed by atoms with van der Waals surface area (Å²) in [6.07, 6.45) is 6.27. The maximum absolute atomic E-state index is 4.83. The fraction of sp³-hybridized carbons (Fsp3) is 0.765. The standard InChI is InChI=1S/C17H28IN3/c1-5-10-19-17-15(18)12(4)20-16(21-17)14-8-6-13(7-9-14)11(2)3/h11,13-14H,5-10H2,1-4H3,(H,19,20,21). The van der Waals surface area contributed by atoms with Crippen molar-refractivity contribution in [3.63, 3.8) is 0 Å². The van der Waals surface area contributed by atoms with E-state index in [1.807, 2.05) is 0 Å². The molecule has 1 aliphatic rings. The van der Waals surface area contributed by atoms with Crippen LogP contribution in [0.15, 0.2) is 0 Å². The second-order valence-electron chi connectivity index (χ2n) is 6.61. The van der Waals surface area contributed by atoms with Crippen molar-refractivity contribution in [1.82, 2.24) is 9.97 Å². The fourth-order valence-electron chi connectivity index (χ4n) is 3.17. The van der Waals surface area contributed by atoms with Crippen LogP contribution in [-0.4, -0.2) is 16.5 Å². The maximum Gasteiger partial charge on any atom is 0.143 e. The van der Waals surface area contributed by atoms with Crippen LogP contribution in [0.1, 0.15) is 70.3 Å². The van der Waals surface area contributed by atoms with Crippen LogP contribution >= 0.6 is 22.6 Å². The molecule has 0 saturated heterocycles. The summed E-state index contributed by atoms with van der Waals surface area (Å²) in [4.78, 5) is 9.61.